The van der Waals surface area contributed by atoms with E-state index in [-0.39, 0.29) is 32.8 Å². The van der Waals surface area contributed by atoms with Crippen LogP contribution in [-0.2, 0) is 27.9 Å². The summed E-state index contributed by atoms with van der Waals surface area (Å²) >= 11 is 0. The number of phosphoric ester groups is 1. The van der Waals surface area contributed by atoms with Crippen molar-refractivity contribution in [3.63, 3.8) is 0 Å². The molecule has 322 valence electrons. The standard InChI is InChI=1S/C47H82NO7P/c1-3-5-7-9-11-13-15-17-19-21-22-23-24-25-26-28-30-32-34-36-38-40-47(49)55-46(45-54-56(50,51)53-43-41-48)44-52-42-39-37-35-33-31-29-27-20-18-16-14-12-10-8-6-4-2/h9,11,15,17,21-22,24-25,28,30,34,36,39,42,46H,3-8,10,12-14,16,18-20,23,26-27,29,31-33,35,37-38,40-41,43-45,48H2,1-2H3,(H,50,51). The third kappa shape index (κ3) is 42.7. The van der Waals surface area contributed by atoms with E-state index in [0.717, 1.165) is 44.9 Å². The van der Waals surface area contributed by atoms with Crippen LogP contribution < -0.4 is 5.73 Å². The van der Waals surface area contributed by atoms with Gasteiger partial charge in [0, 0.05) is 13.0 Å². The Balaban J connectivity index is 4.23. The van der Waals surface area contributed by atoms with E-state index >= 15 is 0 Å². The first-order valence-corrected chi connectivity index (χ1v) is 23.6. The molecule has 0 aliphatic rings. The number of hydrogen-bond donors (Lipinski definition) is 2. The topological polar surface area (TPSA) is 117 Å². The number of ether oxygens (including phenoxy) is 2. The maximum Gasteiger partial charge on any atom is 0.472 e. The van der Waals surface area contributed by atoms with Gasteiger partial charge in [0.15, 0.2) is 6.10 Å². The van der Waals surface area contributed by atoms with Crippen LogP contribution in [-0.4, -0.2) is 43.3 Å². The molecule has 0 bridgehead atoms. The van der Waals surface area contributed by atoms with Gasteiger partial charge in [-0.25, -0.2) is 4.57 Å². The van der Waals surface area contributed by atoms with Crippen LogP contribution in [0.4, 0.5) is 0 Å². The maximum atomic E-state index is 12.5. The quantitative estimate of drug-likeness (QED) is 0.0206. The first-order chi connectivity index (χ1) is 27.4. The Morgan fingerprint density at radius 1 is 0.554 bits per heavy atom. The van der Waals surface area contributed by atoms with Gasteiger partial charge in [-0.3, -0.25) is 13.8 Å². The molecule has 8 nitrogen and oxygen atoms in total. The molecule has 56 heavy (non-hydrogen) atoms. The van der Waals surface area contributed by atoms with Crippen molar-refractivity contribution in [1.82, 2.24) is 0 Å². The summed E-state index contributed by atoms with van der Waals surface area (Å²) in [6, 6.07) is 0. The highest BCUT2D eigenvalue weighted by atomic mass is 31.2. The van der Waals surface area contributed by atoms with E-state index < -0.39 is 19.9 Å². The van der Waals surface area contributed by atoms with Crippen LogP contribution in [0, 0.1) is 0 Å². The summed E-state index contributed by atoms with van der Waals surface area (Å²) in [4.78, 5) is 22.4. The highest BCUT2D eigenvalue weighted by Gasteiger charge is 2.25. The molecule has 0 aliphatic heterocycles. The van der Waals surface area contributed by atoms with E-state index in [1.807, 2.05) is 18.2 Å². The third-order valence-electron chi connectivity index (χ3n) is 8.89. The van der Waals surface area contributed by atoms with Crippen molar-refractivity contribution >= 4 is 13.8 Å². The van der Waals surface area contributed by atoms with Gasteiger partial charge in [0.05, 0.1) is 19.5 Å². The first kappa shape index (κ1) is 53.5. The van der Waals surface area contributed by atoms with E-state index in [9.17, 15) is 14.3 Å². The van der Waals surface area contributed by atoms with Gasteiger partial charge in [0.1, 0.15) is 6.61 Å². The zero-order valence-electron chi connectivity index (χ0n) is 35.6. The average Bonchev–Trinajstić information content (AvgIpc) is 3.19. The summed E-state index contributed by atoms with van der Waals surface area (Å²) in [5.74, 6) is -0.436. The second-order valence-corrected chi connectivity index (χ2v) is 15.7. The number of carbonyl (C=O) groups is 1. The lowest BCUT2D eigenvalue weighted by molar-refractivity contribution is -0.153. The van der Waals surface area contributed by atoms with Gasteiger partial charge in [0.25, 0.3) is 0 Å². The predicted molar refractivity (Wildman–Crippen MR) is 237 cm³/mol. The Morgan fingerprint density at radius 3 is 1.46 bits per heavy atom. The molecule has 2 unspecified atom stereocenters. The van der Waals surface area contributed by atoms with Gasteiger partial charge in [-0.2, -0.15) is 0 Å². The highest BCUT2D eigenvalue weighted by molar-refractivity contribution is 7.47. The van der Waals surface area contributed by atoms with Crippen LogP contribution in [0.1, 0.15) is 174 Å². The number of nitrogens with two attached hydrogens (primary N) is 1. The minimum atomic E-state index is -4.32. The van der Waals surface area contributed by atoms with E-state index in [1.165, 1.54) is 103 Å². The van der Waals surface area contributed by atoms with E-state index in [2.05, 4.69) is 74.6 Å². The van der Waals surface area contributed by atoms with Crippen molar-refractivity contribution in [2.75, 3.05) is 26.4 Å². The number of esters is 1. The Morgan fingerprint density at radius 2 is 0.982 bits per heavy atom. The molecule has 0 aromatic heterocycles. The molecule has 0 spiro atoms. The molecular weight excluding hydrogens is 721 g/mol. The van der Waals surface area contributed by atoms with Crippen LogP contribution in [0.5, 0.6) is 0 Å². The lowest BCUT2D eigenvalue weighted by atomic mass is 10.0. The molecule has 9 heteroatoms. The average molecular weight is 804 g/mol. The van der Waals surface area contributed by atoms with Crippen LogP contribution in [0.15, 0.2) is 85.3 Å². The SMILES string of the molecule is CCCCC=CCC=CCC=CCC=CCC=CCC=CCCC(=O)OC(COC=CCCCCCCCCCCCCCCCC)COP(=O)(O)OCCN. The molecule has 3 N–H and O–H groups in total. The molecular formula is C47H82NO7P. The summed E-state index contributed by atoms with van der Waals surface area (Å²) < 4.78 is 33.1. The first-order valence-electron chi connectivity index (χ1n) is 22.1. The molecule has 2 atom stereocenters. The zero-order valence-corrected chi connectivity index (χ0v) is 36.5. The fourth-order valence-electron chi connectivity index (χ4n) is 5.61. The smallest absolute Gasteiger partial charge is 0.472 e. The second kappa shape index (κ2) is 43.6. The molecule has 0 aromatic rings. The summed E-state index contributed by atoms with van der Waals surface area (Å²) in [5, 5.41) is 0. The van der Waals surface area contributed by atoms with E-state index in [4.69, 9.17) is 24.3 Å². The van der Waals surface area contributed by atoms with Crippen LogP contribution in [0.3, 0.4) is 0 Å². The number of unbranched alkanes of at least 4 members (excludes halogenated alkanes) is 16. The minimum absolute atomic E-state index is 0.00209. The van der Waals surface area contributed by atoms with Crippen molar-refractivity contribution in [2.45, 2.75) is 180 Å². The largest absolute Gasteiger partial charge is 0.498 e. The zero-order chi connectivity index (χ0) is 40.9. The van der Waals surface area contributed by atoms with Gasteiger partial charge in [-0.15, -0.1) is 0 Å². The number of allylic oxidation sites excluding steroid dienone is 13. The second-order valence-electron chi connectivity index (χ2n) is 14.3. The summed E-state index contributed by atoms with van der Waals surface area (Å²) in [6.45, 7) is 4.10. The summed E-state index contributed by atoms with van der Waals surface area (Å²) in [7, 11) is -4.32. The van der Waals surface area contributed by atoms with Crippen LogP contribution in [0.2, 0.25) is 0 Å². The normalized spacial score (nSPS) is 14.2. The molecule has 0 radical (unpaired) electrons. The number of rotatable bonds is 41. The van der Waals surface area contributed by atoms with Gasteiger partial charge < -0.3 is 20.1 Å². The Bertz CT molecular complexity index is 1130. The highest BCUT2D eigenvalue weighted by Crippen LogP contribution is 2.43. The van der Waals surface area contributed by atoms with Crippen molar-refractivity contribution in [2.24, 2.45) is 5.73 Å². The number of hydrogen-bond acceptors (Lipinski definition) is 7. The third-order valence-corrected chi connectivity index (χ3v) is 9.88. The Labute approximate surface area is 343 Å². The Kier molecular flexibility index (Phi) is 41.7. The lowest BCUT2D eigenvalue weighted by Gasteiger charge is -2.19. The molecule has 0 saturated heterocycles. The maximum absolute atomic E-state index is 12.5. The molecule has 0 aromatic carbocycles. The predicted octanol–water partition coefficient (Wildman–Crippen LogP) is 13.7. The molecule has 0 amide bonds. The summed E-state index contributed by atoms with van der Waals surface area (Å²) in [6.07, 6.45) is 57.1. The summed E-state index contributed by atoms with van der Waals surface area (Å²) in [5.41, 5.74) is 5.36. The van der Waals surface area contributed by atoms with Gasteiger partial charge in [-0.1, -0.05) is 183 Å². The molecule has 0 heterocycles. The molecule has 0 fully saturated rings. The van der Waals surface area contributed by atoms with Gasteiger partial charge >= 0.3 is 13.8 Å². The molecule has 0 saturated carbocycles. The van der Waals surface area contributed by atoms with Gasteiger partial charge in [0.2, 0.25) is 0 Å². The van der Waals surface area contributed by atoms with Crippen molar-refractivity contribution in [3.05, 3.63) is 85.3 Å². The Hall–Kier alpha value is -2.48. The van der Waals surface area contributed by atoms with Crippen molar-refractivity contribution < 1.29 is 32.8 Å². The van der Waals surface area contributed by atoms with Crippen LogP contribution >= 0.6 is 7.82 Å². The van der Waals surface area contributed by atoms with E-state index in [0.29, 0.717) is 6.42 Å². The van der Waals surface area contributed by atoms with Crippen molar-refractivity contribution in [3.8, 4) is 0 Å². The fraction of sp³-hybridized carbons (Fsp3) is 0.681. The fourth-order valence-corrected chi connectivity index (χ4v) is 6.38. The van der Waals surface area contributed by atoms with Gasteiger partial charge in [-0.05, 0) is 63.9 Å². The molecule has 0 aliphatic carbocycles. The number of phosphoric acid groups is 1. The molecule has 0 rings (SSSR count). The number of carbonyl (C=O) groups excluding carboxylic acids is 1. The van der Waals surface area contributed by atoms with Crippen LogP contribution in [0.25, 0.3) is 0 Å². The monoisotopic (exact) mass is 804 g/mol. The lowest BCUT2D eigenvalue weighted by Crippen LogP contribution is -2.27. The minimum Gasteiger partial charge on any atom is -0.498 e. The van der Waals surface area contributed by atoms with E-state index in [1.54, 1.807) is 6.26 Å². The van der Waals surface area contributed by atoms with Crippen molar-refractivity contribution in [1.29, 1.82) is 0 Å².